The molecular weight excluding hydrogens is 178 g/mol. The summed E-state index contributed by atoms with van der Waals surface area (Å²) in [5.41, 5.74) is -0.168. The van der Waals surface area contributed by atoms with Crippen molar-refractivity contribution in [3.8, 4) is 0 Å². The van der Waals surface area contributed by atoms with Crippen molar-refractivity contribution in [2.75, 3.05) is 0 Å². The molecule has 0 bridgehead atoms. The summed E-state index contributed by atoms with van der Waals surface area (Å²) in [5.74, 6) is 0.446. The lowest BCUT2D eigenvalue weighted by molar-refractivity contribution is -0.129. The maximum absolute atomic E-state index is 11.7. The van der Waals surface area contributed by atoms with Gasteiger partial charge in [-0.2, -0.15) is 0 Å². The Balaban J connectivity index is 2.42. The van der Waals surface area contributed by atoms with Gasteiger partial charge in [0, 0.05) is 24.3 Å². The Bertz CT molecular complexity index is 230. The van der Waals surface area contributed by atoms with Gasteiger partial charge in [-0.15, -0.1) is 0 Å². The number of hydrogen-bond donors (Lipinski definition) is 1. The Morgan fingerprint density at radius 2 is 1.79 bits per heavy atom. The highest BCUT2D eigenvalue weighted by molar-refractivity contribution is 5.84. The van der Waals surface area contributed by atoms with Crippen molar-refractivity contribution in [3.05, 3.63) is 0 Å². The summed E-state index contributed by atoms with van der Waals surface area (Å²) < 4.78 is 0. The van der Waals surface area contributed by atoms with Gasteiger partial charge in [0.2, 0.25) is 5.91 Å². The molecule has 14 heavy (non-hydrogen) atoms. The number of hydrogen-bond acceptors (Lipinski definition) is 2. The van der Waals surface area contributed by atoms with E-state index in [1.165, 1.54) is 0 Å². The number of amides is 1. The molecular formula is C11H19NO2. The van der Waals surface area contributed by atoms with Crippen LogP contribution in [0.2, 0.25) is 0 Å². The SMILES string of the molecule is CC(C)(C)NC(=O)C1CCC(=O)CC1. The summed E-state index contributed by atoms with van der Waals surface area (Å²) in [5, 5.41) is 2.95. The normalized spacial score (nSPS) is 19.5. The minimum Gasteiger partial charge on any atom is -0.351 e. The number of carbonyl (C=O) groups is 2. The highest BCUT2D eigenvalue weighted by atomic mass is 16.2. The van der Waals surface area contributed by atoms with Crippen LogP contribution in [-0.4, -0.2) is 17.2 Å². The maximum Gasteiger partial charge on any atom is 0.223 e. The van der Waals surface area contributed by atoms with Crippen LogP contribution in [0.1, 0.15) is 46.5 Å². The number of rotatable bonds is 1. The fraction of sp³-hybridized carbons (Fsp3) is 0.818. The zero-order valence-corrected chi connectivity index (χ0v) is 9.22. The van der Waals surface area contributed by atoms with E-state index in [0.717, 1.165) is 12.8 Å². The first-order valence-electron chi connectivity index (χ1n) is 5.22. The topological polar surface area (TPSA) is 46.2 Å². The third-order valence-electron chi connectivity index (χ3n) is 2.41. The Hall–Kier alpha value is -0.860. The minimum atomic E-state index is -0.168. The van der Waals surface area contributed by atoms with Crippen molar-refractivity contribution in [2.45, 2.75) is 52.0 Å². The van der Waals surface area contributed by atoms with Crippen molar-refractivity contribution < 1.29 is 9.59 Å². The average Bonchev–Trinajstić information content (AvgIpc) is 2.02. The van der Waals surface area contributed by atoms with Gasteiger partial charge in [0.15, 0.2) is 0 Å². The van der Waals surface area contributed by atoms with Gasteiger partial charge in [-0.25, -0.2) is 0 Å². The number of carbonyl (C=O) groups excluding carboxylic acids is 2. The monoisotopic (exact) mass is 197 g/mol. The average molecular weight is 197 g/mol. The molecule has 0 aromatic heterocycles. The first-order valence-corrected chi connectivity index (χ1v) is 5.22. The minimum absolute atomic E-state index is 0.0481. The van der Waals surface area contributed by atoms with Gasteiger partial charge in [0.25, 0.3) is 0 Å². The van der Waals surface area contributed by atoms with E-state index in [-0.39, 0.29) is 17.4 Å². The molecule has 1 rings (SSSR count). The lowest BCUT2D eigenvalue weighted by atomic mass is 9.87. The van der Waals surface area contributed by atoms with E-state index >= 15 is 0 Å². The molecule has 1 fully saturated rings. The van der Waals surface area contributed by atoms with E-state index < -0.39 is 0 Å². The first-order chi connectivity index (χ1) is 6.38. The van der Waals surface area contributed by atoms with Gasteiger partial charge < -0.3 is 5.32 Å². The number of nitrogens with one attached hydrogen (secondary N) is 1. The number of Topliss-reactive ketones (excluding diaryl/α,β-unsaturated/α-hetero) is 1. The highest BCUT2D eigenvalue weighted by Gasteiger charge is 2.26. The fourth-order valence-electron chi connectivity index (χ4n) is 1.67. The number of ketones is 1. The molecule has 1 amide bonds. The summed E-state index contributed by atoms with van der Waals surface area (Å²) in [6, 6.07) is 0. The van der Waals surface area contributed by atoms with Crippen molar-refractivity contribution >= 4 is 11.7 Å². The fourth-order valence-corrected chi connectivity index (χ4v) is 1.67. The molecule has 3 heteroatoms. The summed E-state index contributed by atoms with van der Waals surface area (Å²) >= 11 is 0. The molecule has 0 aliphatic heterocycles. The van der Waals surface area contributed by atoms with Gasteiger partial charge >= 0.3 is 0 Å². The van der Waals surface area contributed by atoms with E-state index in [4.69, 9.17) is 0 Å². The second-order valence-corrected chi connectivity index (χ2v) is 5.05. The third-order valence-corrected chi connectivity index (χ3v) is 2.41. The summed E-state index contributed by atoms with van der Waals surface area (Å²) in [6.07, 6.45) is 2.59. The Morgan fingerprint density at radius 3 is 2.21 bits per heavy atom. The molecule has 0 unspecified atom stereocenters. The molecule has 0 aromatic rings. The van der Waals surface area contributed by atoms with Crippen LogP contribution in [0.4, 0.5) is 0 Å². The largest absolute Gasteiger partial charge is 0.351 e. The van der Waals surface area contributed by atoms with Crippen LogP contribution in [0.5, 0.6) is 0 Å². The van der Waals surface area contributed by atoms with Crippen molar-refractivity contribution in [1.82, 2.24) is 5.32 Å². The van der Waals surface area contributed by atoms with Crippen molar-refractivity contribution in [1.29, 1.82) is 0 Å². The van der Waals surface area contributed by atoms with Crippen LogP contribution in [-0.2, 0) is 9.59 Å². The summed E-state index contributed by atoms with van der Waals surface area (Å²) in [7, 11) is 0. The van der Waals surface area contributed by atoms with Crippen LogP contribution in [0, 0.1) is 5.92 Å². The van der Waals surface area contributed by atoms with Crippen LogP contribution < -0.4 is 5.32 Å². The lowest BCUT2D eigenvalue weighted by Gasteiger charge is -2.26. The quantitative estimate of drug-likeness (QED) is 0.695. The maximum atomic E-state index is 11.7. The molecule has 1 aliphatic carbocycles. The van der Waals surface area contributed by atoms with E-state index in [2.05, 4.69) is 5.32 Å². The van der Waals surface area contributed by atoms with E-state index in [1.807, 2.05) is 20.8 Å². The smallest absolute Gasteiger partial charge is 0.223 e. The zero-order chi connectivity index (χ0) is 10.8. The van der Waals surface area contributed by atoms with Crippen LogP contribution in [0.3, 0.4) is 0 Å². The Morgan fingerprint density at radius 1 is 1.29 bits per heavy atom. The summed E-state index contributed by atoms with van der Waals surface area (Å²) in [4.78, 5) is 22.7. The second kappa shape index (κ2) is 4.11. The molecule has 0 aromatic carbocycles. The van der Waals surface area contributed by atoms with Crippen LogP contribution in [0.15, 0.2) is 0 Å². The molecule has 0 heterocycles. The predicted octanol–water partition coefficient (Wildman–Crippen LogP) is 1.66. The van der Waals surface area contributed by atoms with Gasteiger partial charge in [0.1, 0.15) is 5.78 Å². The molecule has 1 saturated carbocycles. The molecule has 3 nitrogen and oxygen atoms in total. The molecule has 1 N–H and O–H groups in total. The predicted molar refractivity (Wildman–Crippen MR) is 54.9 cm³/mol. The van der Waals surface area contributed by atoms with Gasteiger partial charge in [-0.3, -0.25) is 9.59 Å². The highest BCUT2D eigenvalue weighted by Crippen LogP contribution is 2.22. The Labute approximate surface area is 85.3 Å². The second-order valence-electron chi connectivity index (χ2n) is 5.05. The van der Waals surface area contributed by atoms with Crippen molar-refractivity contribution in [3.63, 3.8) is 0 Å². The molecule has 0 saturated heterocycles. The van der Waals surface area contributed by atoms with Crippen molar-refractivity contribution in [2.24, 2.45) is 5.92 Å². The molecule has 80 valence electrons. The van der Waals surface area contributed by atoms with Gasteiger partial charge in [-0.05, 0) is 33.6 Å². The molecule has 0 atom stereocenters. The van der Waals surface area contributed by atoms with E-state index in [1.54, 1.807) is 0 Å². The summed E-state index contributed by atoms with van der Waals surface area (Å²) in [6.45, 7) is 5.91. The standard InChI is InChI=1S/C11H19NO2/c1-11(2,3)12-10(14)8-4-6-9(13)7-5-8/h8H,4-7H2,1-3H3,(H,12,14). The third kappa shape index (κ3) is 3.48. The lowest BCUT2D eigenvalue weighted by Crippen LogP contribution is -2.44. The Kier molecular flexibility index (Phi) is 3.29. The van der Waals surface area contributed by atoms with Crippen LogP contribution in [0.25, 0.3) is 0 Å². The molecule has 0 radical (unpaired) electrons. The van der Waals surface area contributed by atoms with Gasteiger partial charge in [-0.1, -0.05) is 0 Å². The molecule has 1 aliphatic rings. The van der Waals surface area contributed by atoms with E-state index in [9.17, 15) is 9.59 Å². The first kappa shape index (κ1) is 11.2. The van der Waals surface area contributed by atoms with Crippen LogP contribution >= 0.6 is 0 Å². The van der Waals surface area contributed by atoms with Gasteiger partial charge in [0.05, 0.1) is 0 Å². The zero-order valence-electron chi connectivity index (χ0n) is 9.22. The van der Waals surface area contributed by atoms with E-state index in [0.29, 0.717) is 18.6 Å². The molecule has 0 spiro atoms.